The van der Waals surface area contributed by atoms with Crippen LogP contribution in [0.3, 0.4) is 0 Å². The molecule has 0 radical (unpaired) electrons. The number of methoxy groups -OCH3 is 1. The summed E-state index contributed by atoms with van der Waals surface area (Å²) in [6.07, 6.45) is 0.883. The first-order valence-corrected chi connectivity index (χ1v) is 8.27. The van der Waals surface area contributed by atoms with Gasteiger partial charge >= 0.3 is 0 Å². The Hall–Kier alpha value is -2.20. The van der Waals surface area contributed by atoms with Crippen molar-refractivity contribution in [3.8, 4) is 11.5 Å². The zero-order valence-electron chi connectivity index (χ0n) is 14.1. The van der Waals surface area contributed by atoms with Crippen LogP contribution in [0.5, 0.6) is 11.5 Å². The third-order valence-corrected chi connectivity index (χ3v) is 3.99. The molecule has 24 heavy (non-hydrogen) atoms. The van der Waals surface area contributed by atoms with E-state index in [9.17, 15) is 4.79 Å². The molecule has 0 heterocycles. The molecule has 0 aliphatic carbocycles. The van der Waals surface area contributed by atoms with Gasteiger partial charge in [-0.25, -0.2) is 0 Å². The summed E-state index contributed by atoms with van der Waals surface area (Å²) in [5, 5.41) is 3.61. The molecule has 1 unspecified atom stereocenters. The Balaban J connectivity index is 2.13. The first-order chi connectivity index (χ1) is 11.5. The molecule has 1 atom stereocenters. The molecule has 0 fully saturated rings. The van der Waals surface area contributed by atoms with E-state index >= 15 is 0 Å². The molecule has 1 amide bonds. The van der Waals surface area contributed by atoms with Gasteiger partial charge in [-0.2, -0.15) is 0 Å². The van der Waals surface area contributed by atoms with Gasteiger partial charge in [-0.05, 0) is 55.8 Å². The van der Waals surface area contributed by atoms with Gasteiger partial charge in [0.2, 0.25) is 0 Å². The van der Waals surface area contributed by atoms with Crippen molar-refractivity contribution in [3.05, 3.63) is 58.6 Å². The van der Waals surface area contributed by atoms with Crippen molar-refractivity contribution in [1.82, 2.24) is 5.32 Å². The summed E-state index contributed by atoms with van der Waals surface area (Å²) in [5.41, 5.74) is 1.40. The quantitative estimate of drug-likeness (QED) is 0.804. The van der Waals surface area contributed by atoms with Crippen molar-refractivity contribution in [1.29, 1.82) is 0 Å². The Kier molecular flexibility index (Phi) is 6.50. The van der Waals surface area contributed by atoms with E-state index in [4.69, 9.17) is 21.1 Å². The van der Waals surface area contributed by atoms with Crippen LogP contribution in [0, 0.1) is 0 Å². The lowest BCUT2D eigenvalue weighted by Crippen LogP contribution is -2.31. The van der Waals surface area contributed by atoms with Crippen molar-refractivity contribution in [2.75, 3.05) is 7.11 Å². The number of halogens is 1. The molecule has 0 aliphatic rings. The summed E-state index contributed by atoms with van der Waals surface area (Å²) in [5.74, 6) is 1.29. The second-order valence-corrected chi connectivity index (χ2v) is 5.99. The van der Waals surface area contributed by atoms with Crippen LogP contribution < -0.4 is 14.8 Å². The Bertz CT molecular complexity index is 686. The van der Waals surface area contributed by atoms with Gasteiger partial charge in [0.1, 0.15) is 18.1 Å². The number of nitrogens with one attached hydrogen (secondary N) is 1. The van der Waals surface area contributed by atoms with E-state index in [0.29, 0.717) is 28.7 Å². The monoisotopic (exact) mass is 347 g/mol. The normalized spacial score (nSPS) is 11.7. The molecule has 0 saturated carbocycles. The predicted octanol–water partition coefficient (Wildman–Crippen LogP) is 4.46. The van der Waals surface area contributed by atoms with Crippen LogP contribution in [-0.4, -0.2) is 19.1 Å². The third kappa shape index (κ3) is 4.90. The van der Waals surface area contributed by atoms with E-state index in [1.165, 1.54) is 0 Å². The lowest BCUT2D eigenvalue weighted by molar-refractivity contribution is 0.0939. The molecule has 0 aliphatic heterocycles. The zero-order chi connectivity index (χ0) is 17.5. The van der Waals surface area contributed by atoms with Crippen LogP contribution in [-0.2, 0) is 6.61 Å². The molecule has 2 rings (SSSR count). The fourth-order valence-electron chi connectivity index (χ4n) is 2.13. The van der Waals surface area contributed by atoms with Gasteiger partial charge < -0.3 is 14.8 Å². The molecule has 0 saturated heterocycles. The molecule has 2 aromatic carbocycles. The highest BCUT2D eigenvalue weighted by Crippen LogP contribution is 2.23. The maximum Gasteiger partial charge on any atom is 0.251 e. The van der Waals surface area contributed by atoms with Crippen LogP contribution in [0.2, 0.25) is 5.02 Å². The molecule has 128 valence electrons. The van der Waals surface area contributed by atoms with E-state index in [1.807, 2.05) is 13.8 Å². The minimum absolute atomic E-state index is 0.0975. The molecular weight excluding hydrogens is 326 g/mol. The maximum absolute atomic E-state index is 12.3. The van der Waals surface area contributed by atoms with Gasteiger partial charge in [0.05, 0.1) is 7.11 Å². The second kappa shape index (κ2) is 8.60. The van der Waals surface area contributed by atoms with Gasteiger partial charge in [-0.1, -0.05) is 18.5 Å². The van der Waals surface area contributed by atoms with E-state index in [0.717, 1.165) is 12.0 Å². The highest BCUT2D eigenvalue weighted by atomic mass is 35.5. The predicted molar refractivity (Wildman–Crippen MR) is 96.0 cm³/mol. The van der Waals surface area contributed by atoms with Crippen molar-refractivity contribution < 1.29 is 14.3 Å². The van der Waals surface area contributed by atoms with Gasteiger partial charge in [-0.15, -0.1) is 0 Å². The van der Waals surface area contributed by atoms with Crippen LogP contribution in [0.4, 0.5) is 0 Å². The molecule has 1 N–H and O–H groups in total. The van der Waals surface area contributed by atoms with E-state index in [2.05, 4.69) is 5.32 Å². The molecule has 5 heteroatoms. The minimum Gasteiger partial charge on any atom is -0.496 e. The summed E-state index contributed by atoms with van der Waals surface area (Å²) in [4.78, 5) is 12.3. The molecule has 0 aromatic heterocycles. The number of carbonyl (C=O) groups excluding carboxylic acids is 1. The van der Waals surface area contributed by atoms with Crippen molar-refractivity contribution in [2.45, 2.75) is 32.9 Å². The Morgan fingerprint density at radius 2 is 1.92 bits per heavy atom. The van der Waals surface area contributed by atoms with Gasteiger partial charge in [0.15, 0.2) is 0 Å². The van der Waals surface area contributed by atoms with Crippen molar-refractivity contribution >= 4 is 17.5 Å². The third-order valence-electron chi connectivity index (χ3n) is 3.74. The number of benzene rings is 2. The molecular formula is C19H22ClNO3. The summed E-state index contributed by atoms with van der Waals surface area (Å²) in [6.45, 7) is 4.31. The summed E-state index contributed by atoms with van der Waals surface area (Å²) >= 11 is 5.87. The first kappa shape index (κ1) is 18.1. The van der Waals surface area contributed by atoms with E-state index in [-0.39, 0.29) is 11.9 Å². The first-order valence-electron chi connectivity index (χ1n) is 7.89. The standard InChI is InChI=1S/C19H22ClNO3/c1-4-13(2)21-19(22)14-5-10-18(23-3)15(11-14)12-24-17-8-6-16(20)7-9-17/h5-11,13H,4,12H2,1-3H3,(H,21,22). The Morgan fingerprint density at radius 3 is 2.54 bits per heavy atom. The average Bonchev–Trinajstić information content (AvgIpc) is 2.60. The SMILES string of the molecule is CCC(C)NC(=O)c1ccc(OC)c(COc2ccc(Cl)cc2)c1. The van der Waals surface area contributed by atoms with Crippen LogP contribution in [0.1, 0.15) is 36.2 Å². The highest BCUT2D eigenvalue weighted by Gasteiger charge is 2.12. The van der Waals surface area contributed by atoms with Crippen LogP contribution in [0.25, 0.3) is 0 Å². The number of hydrogen-bond donors (Lipinski definition) is 1. The number of carbonyl (C=O) groups is 1. The molecule has 0 spiro atoms. The highest BCUT2D eigenvalue weighted by molar-refractivity contribution is 6.30. The smallest absolute Gasteiger partial charge is 0.251 e. The number of rotatable bonds is 7. The van der Waals surface area contributed by atoms with Gasteiger partial charge in [-0.3, -0.25) is 4.79 Å². The van der Waals surface area contributed by atoms with Crippen LogP contribution >= 0.6 is 11.6 Å². The number of amides is 1. The average molecular weight is 348 g/mol. The summed E-state index contributed by atoms with van der Waals surface area (Å²) < 4.78 is 11.1. The summed E-state index contributed by atoms with van der Waals surface area (Å²) in [6, 6.07) is 12.6. The van der Waals surface area contributed by atoms with Crippen LogP contribution in [0.15, 0.2) is 42.5 Å². The fourth-order valence-corrected chi connectivity index (χ4v) is 2.26. The van der Waals surface area contributed by atoms with Gasteiger partial charge in [0, 0.05) is 22.2 Å². The van der Waals surface area contributed by atoms with E-state index < -0.39 is 0 Å². The molecule has 0 bridgehead atoms. The van der Waals surface area contributed by atoms with Gasteiger partial charge in [0.25, 0.3) is 5.91 Å². The fraction of sp³-hybridized carbons (Fsp3) is 0.316. The lowest BCUT2D eigenvalue weighted by Gasteiger charge is -2.14. The zero-order valence-corrected chi connectivity index (χ0v) is 14.9. The number of hydrogen-bond acceptors (Lipinski definition) is 3. The molecule has 4 nitrogen and oxygen atoms in total. The van der Waals surface area contributed by atoms with E-state index in [1.54, 1.807) is 49.6 Å². The second-order valence-electron chi connectivity index (χ2n) is 5.55. The van der Waals surface area contributed by atoms with Crippen molar-refractivity contribution in [3.63, 3.8) is 0 Å². The minimum atomic E-state index is -0.0975. The lowest BCUT2D eigenvalue weighted by atomic mass is 10.1. The Labute approximate surface area is 147 Å². The van der Waals surface area contributed by atoms with Crippen molar-refractivity contribution in [2.24, 2.45) is 0 Å². The Morgan fingerprint density at radius 1 is 1.21 bits per heavy atom. The number of ether oxygens (including phenoxy) is 2. The topological polar surface area (TPSA) is 47.6 Å². The maximum atomic E-state index is 12.3. The molecule has 2 aromatic rings. The summed E-state index contributed by atoms with van der Waals surface area (Å²) in [7, 11) is 1.60. The largest absolute Gasteiger partial charge is 0.496 e.